The van der Waals surface area contributed by atoms with E-state index in [2.05, 4.69) is 15.3 Å². The number of fused-ring (bicyclic) bond motifs is 14. The number of hydrogen-bond donors (Lipinski definition) is 6. The number of carbonyl (C=O) groups excluding carboxylic acids is 3. The number of esters is 1. The number of piperazine rings is 1. The number of anilines is 1. The number of benzene rings is 2. The Hall–Kier alpha value is -4.16. The molecule has 6 N–H and O–H groups in total. The van der Waals surface area contributed by atoms with E-state index in [9.17, 15) is 39.9 Å². The Kier molecular flexibility index (Phi) is 15.9. The van der Waals surface area contributed by atoms with Crippen molar-refractivity contribution in [2.75, 3.05) is 45.7 Å². The second-order valence-electron chi connectivity index (χ2n) is 16.1. The third kappa shape index (κ3) is 9.65. The van der Waals surface area contributed by atoms with Gasteiger partial charge < -0.3 is 54.7 Å². The van der Waals surface area contributed by atoms with Crippen molar-refractivity contribution in [2.24, 2.45) is 28.8 Å². The molecule has 0 radical (unpaired) electrons. The molecule has 0 aliphatic carbocycles. The molecule has 0 unspecified atom stereocenters. The summed E-state index contributed by atoms with van der Waals surface area (Å²) in [6, 6.07) is 0. The maximum absolute atomic E-state index is 14.4. The van der Waals surface area contributed by atoms with Crippen LogP contribution in [-0.2, 0) is 23.8 Å². The number of ketones is 1. The first-order valence-corrected chi connectivity index (χ1v) is 19.8. The van der Waals surface area contributed by atoms with E-state index in [-0.39, 0.29) is 74.0 Å². The number of carbonyl (C=O) groups is 3. The van der Waals surface area contributed by atoms with Gasteiger partial charge in [0.05, 0.1) is 53.0 Å². The fourth-order valence-corrected chi connectivity index (χ4v) is 7.92. The van der Waals surface area contributed by atoms with Crippen molar-refractivity contribution >= 4 is 69.9 Å². The Bertz CT molecular complexity index is 2080. The van der Waals surface area contributed by atoms with E-state index >= 15 is 0 Å². The van der Waals surface area contributed by atoms with E-state index in [4.69, 9.17) is 18.9 Å². The van der Waals surface area contributed by atoms with Crippen LogP contribution in [0.1, 0.15) is 70.0 Å². The number of phenols is 3. The number of ether oxygens (including phenoxy) is 4. The van der Waals surface area contributed by atoms with Crippen LogP contribution in [0, 0.1) is 30.6 Å². The number of hydrazone groups is 1. The summed E-state index contributed by atoms with van der Waals surface area (Å²) in [6.07, 6.45) is 4.86. The molecule has 4 aliphatic rings. The Morgan fingerprint density at radius 2 is 1.60 bits per heavy atom. The third-order valence-electron chi connectivity index (χ3n) is 11.9. The van der Waals surface area contributed by atoms with Crippen LogP contribution < -0.4 is 10.1 Å². The summed E-state index contributed by atoms with van der Waals surface area (Å²) >= 11 is 0. The van der Waals surface area contributed by atoms with Gasteiger partial charge in [-0.1, -0.05) is 45.9 Å². The monoisotopic (exact) mass is 846 g/mol. The van der Waals surface area contributed by atoms with Gasteiger partial charge in [0.2, 0.25) is 0 Å². The maximum atomic E-state index is 14.4. The van der Waals surface area contributed by atoms with Gasteiger partial charge in [-0.25, -0.2) is 0 Å². The van der Waals surface area contributed by atoms with E-state index < -0.39 is 88.8 Å². The van der Waals surface area contributed by atoms with Crippen LogP contribution in [0.4, 0.5) is 5.69 Å². The minimum atomic E-state index is -2.04. The molecular weight excluding hydrogens is 787 g/mol. The van der Waals surface area contributed by atoms with E-state index in [1.165, 1.54) is 59.4 Å². The Balaban J connectivity index is 0.00000794. The first-order valence-electron chi connectivity index (χ1n) is 19.8. The summed E-state index contributed by atoms with van der Waals surface area (Å²) < 4.78 is 23.6. The molecule has 0 spiro atoms. The van der Waals surface area contributed by atoms with Crippen molar-refractivity contribution in [3.8, 4) is 23.0 Å². The van der Waals surface area contributed by atoms with Gasteiger partial charge in [0.15, 0.2) is 5.75 Å². The molecule has 0 saturated carbocycles. The second kappa shape index (κ2) is 19.7. The number of Topliss-reactive ketones (excluding diaryl/α,β-unsaturated/α-hetero) is 1. The van der Waals surface area contributed by atoms with Crippen LogP contribution in [0.15, 0.2) is 41.2 Å². The zero-order valence-electron chi connectivity index (χ0n) is 35.3. The van der Waals surface area contributed by atoms with E-state index in [1.54, 1.807) is 44.9 Å². The molecule has 4 aliphatic heterocycles. The van der Waals surface area contributed by atoms with Crippen molar-refractivity contribution in [3.63, 3.8) is 0 Å². The molecule has 60 heavy (non-hydrogen) atoms. The van der Waals surface area contributed by atoms with Crippen molar-refractivity contribution in [1.82, 2.24) is 9.91 Å². The van der Waals surface area contributed by atoms with Gasteiger partial charge in [0.25, 0.3) is 11.7 Å². The standard InChI is InChI=1S/C43H58N4O12.Na.H/c1-21-12-11-13-22(2)42(55)45-33-28(20-44-47-17-15-46(9)16-18-47)37(52)30-31(38(33)53)36(51)26(6)40-32(30)41(54)43(8,59-40)57-19-14-29(56-10)23(3)39(58-27(7)48)25(5)35(50)24(4)34(21)49;;/h11-14,19-21,23-25,29,34-35,39,49-53H,15-18H2,1-10H3,(H,45,55);;/t21-,23+,24+,25+,29-,34-,35+,39+,43-;;/m0../s1. The summed E-state index contributed by atoms with van der Waals surface area (Å²) in [5.74, 6) is -8.34. The molecule has 1 amide bonds. The third-order valence-corrected chi connectivity index (χ3v) is 11.9. The number of nitrogens with zero attached hydrogens (tertiary/aromatic N) is 3. The number of methoxy groups -OCH3 is 1. The molecule has 1 saturated heterocycles. The summed E-state index contributed by atoms with van der Waals surface area (Å²) in [5.41, 5.74) is -0.350. The summed E-state index contributed by atoms with van der Waals surface area (Å²) in [6.45, 7) is 15.1. The molecule has 6 rings (SSSR count). The SMILES string of the molecule is CO[C@H]1C=CO[C@@]2(C)Oc3c(C)c(O)c4c(O)c(c(C=NN5CCN(C)CC5)c(O)c4c3C2=O)NC(=O)C(C)=CC=C[C@H](C)[C@H](O)[C@@H](C)[C@@H](O)[C@@H](C)[C@H](OC(C)=O)[C@@H]1C.[NaH]. The van der Waals surface area contributed by atoms with Crippen LogP contribution in [0.5, 0.6) is 23.0 Å². The molecule has 324 valence electrons. The van der Waals surface area contributed by atoms with Gasteiger partial charge >= 0.3 is 41.3 Å². The topological polar surface area (TPSA) is 220 Å². The van der Waals surface area contributed by atoms with Gasteiger partial charge in [-0.3, -0.25) is 19.4 Å². The zero-order valence-corrected chi connectivity index (χ0v) is 35.3. The number of nitrogens with one attached hydrogen (secondary N) is 1. The van der Waals surface area contributed by atoms with E-state index in [0.717, 1.165) is 13.1 Å². The normalized spacial score (nSPS) is 29.6. The first kappa shape index (κ1) is 48.5. The molecule has 4 heterocycles. The number of phenolic OH excluding ortho intramolecular Hbond substituents is 3. The van der Waals surface area contributed by atoms with Gasteiger partial charge in [-0.2, -0.15) is 5.10 Å². The van der Waals surface area contributed by atoms with Gasteiger partial charge in [0, 0.05) is 87.3 Å². The first-order chi connectivity index (χ1) is 27.7. The number of hydrogen-bond acceptors (Lipinski definition) is 15. The van der Waals surface area contributed by atoms with Crippen molar-refractivity contribution in [2.45, 2.75) is 85.6 Å². The number of aromatic hydroxyl groups is 3. The Morgan fingerprint density at radius 1 is 0.950 bits per heavy atom. The summed E-state index contributed by atoms with van der Waals surface area (Å²) in [7, 11) is 3.42. The molecule has 2 aromatic rings. The van der Waals surface area contributed by atoms with Crippen LogP contribution in [0.25, 0.3) is 10.8 Å². The number of aliphatic hydroxyl groups excluding tert-OH is 2. The van der Waals surface area contributed by atoms with Gasteiger partial charge in [-0.05, 0) is 27.0 Å². The summed E-state index contributed by atoms with van der Waals surface area (Å²) in [5, 5.41) is 66.8. The van der Waals surface area contributed by atoms with Crippen molar-refractivity contribution in [3.05, 3.63) is 52.8 Å². The van der Waals surface area contributed by atoms with Crippen LogP contribution in [-0.4, -0.2) is 159 Å². The molecule has 9 atom stereocenters. The predicted octanol–water partition coefficient (Wildman–Crippen LogP) is 3.69. The van der Waals surface area contributed by atoms with E-state index in [1.807, 2.05) is 7.05 Å². The average Bonchev–Trinajstić information content (AvgIpc) is 3.46. The molecule has 17 heteroatoms. The number of likely N-dealkylation sites (N-methyl/N-ethyl adjacent to an activating group) is 1. The molecule has 16 nitrogen and oxygen atoms in total. The molecule has 1 fully saturated rings. The quantitative estimate of drug-likeness (QED) is 0.0851. The minimum absolute atomic E-state index is 0. The van der Waals surface area contributed by atoms with E-state index in [0.29, 0.717) is 13.1 Å². The number of amides is 1. The van der Waals surface area contributed by atoms with Gasteiger partial charge in [0.1, 0.15) is 23.4 Å². The average molecular weight is 847 g/mol. The fraction of sp³-hybridized carbons (Fsp3) is 0.535. The van der Waals surface area contributed by atoms with Crippen molar-refractivity contribution < 1.29 is 58.9 Å². The predicted molar refractivity (Wildman–Crippen MR) is 228 cm³/mol. The number of rotatable bonds is 4. The van der Waals surface area contributed by atoms with Gasteiger partial charge in [-0.15, -0.1) is 0 Å². The van der Waals surface area contributed by atoms with Crippen LogP contribution >= 0.6 is 0 Å². The zero-order chi connectivity index (χ0) is 43.7. The molecule has 2 aromatic carbocycles. The van der Waals surface area contributed by atoms with Crippen LogP contribution in [0.2, 0.25) is 0 Å². The summed E-state index contributed by atoms with van der Waals surface area (Å²) in [4.78, 5) is 42.6. The van der Waals surface area contributed by atoms with Crippen molar-refractivity contribution in [1.29, 1.82) is 0 Å². The number of aliphatic hydroxyl groups is 2. The Morgan fingerprint density at radius 3 is 2.22 bits per heavy atom. The van der Waals surface area contributed by atoms with Crippen LogP contribution in [0.3, 0.4) is 0 Å². The molecule has 0 aromatic heterocycles. The fourth-order valence-electron chi connectivity index (χ4n) is 7.92. The molecular formula is C43H59N4NaO12. The molecule has 5 bridgehead atoms. The number of allylic oxidation sites excluding steroid dienone is 2. The second-order valence-corrected chi connectivity index (χ2v) is 16.1. The Labute approximate surface area is 372 Å².